The van der Waals surface area contributed by atoms with Gasteiger partial charge in [0.05, 0.1) is 17.0 Å². The highest BCUT2D eigenvalue weighted by molar-refractivity contribution is 7.99. The maximum absolute atomic E-state index is 12.9. The van der Waals surface area contributed by atoms with Crippen LogP contribution < -0.4 is 20.3 Å². The molecular formula is C22H23N3O5S2. The molecule has 0 fully saturated rings. The molecular weight excluding hydrogens is 450 g/mol. The first-order valence-corrected chi connectivity index (χ1v) is 12.0. The Balaban J connectivity index is 1.54. The van der Waals surface area contributed by atoms with Gasteiger partial charge in [-0.2, -0.15) is 0 Å². The lowest BCUT2D eigenvalue weighted by molar-refractivity contribution is -0.113. The fourth-order valence-electron chi connectivity index (χ4n) is 3.27. The van der Waals surface area contributed by atoms with Gasteiger partial charge in [-0.15, -0.1) is 11.3 Å². The number of rotatable bonds is 8. The van der Waals surface area contributed by atoms with Crippen LogP contribution in [0, 0.1) is 5.92 Å². The molecule has 0 saturated carbocycles. The van der Waals surface area contributed by atoms with E-state index in [2.05, 4.69) is 24.1 Å². The van der Waals surface area contributed by atoms with Gasteiger partial charge in [-0.1, -0.05) is 25.6 Å². The zero-order valence-electron chi connectivity index (χ0n) is 18.0. The number of thiophene rings is 1. The number of fused-ring (bicyclic) bond motifs is 2. The predicted octanol–water partition coefficient (Wildman–Crippen LogP) is 4.17. The van der Waals surface area contributed by atoms with Crippen LogP contribution in [0.2, 0.25) is 0 Å². The number of carbonyl (C=O) groups excluding carboxylic acids is 2. The Labute approximate surface area is 192 Å². The first kappa shape index (κ1) is 22.3. The molecule has 0 atom stereocenters. The molecule has 0 unspecified atom stereocenters. The molecule has 0 bridgehead atoms. The van der Waals surface area contributed by atoms with Crippen LogP contribution in [-0.2, 0) is 11.3 Å². The molecule has 1 amide bonds. The molecule has 3 heterocycles. The summed E-state index contributed by atoms with van der Waals surface area (Å²) in [5.74, 6) is 0.910. The minimum atomic E-state index is -0.313. The molecule has 3 aromatic rings. The fraction of sp³-hybridized carbons (Fsp3) is 0.364. The summed E-state index contributed by atoms with van der Waals surface area (Å²) < 4.78 is 12.9. The molecule has 1 aliphatic rings. The van der Waals surface area contributed by atoms with Crippen LogP contribution in [0.25, 0.3) is 10.2 Å². The highest BCUT2D eigenvalue weighted by Crippen LogP contribution is 2.37. The Bertz CT molecular complexity index is 1250. The monoisotopic (exact) mass is 473 g/mol. The molecule has 168 valence electrons. The lowest BCUT2D eigenvalue weighted by Gasteiger charge is -2.14. The van der Waals surface area contributed by atoms with Crippen LogP contribution in [0.3, 0.4) is 0 Å². The second kappa shape index (κ2) is 9.33. The van der Waals surface area contributed by atoms with Gasteiger partial charge in [0.15, 0.2) is 22.4 Å². The first-order valence-electron chi connectivity index (χ1n) is 10.2. The van der Waals surface area contributed by atoms with Gasteiger partial charge >= 0.3 is 0 Å². The van der Waals surface area contributed by atoms with Crippen LogP contribution in [0.5, 0.6) is 11.5 Å². The number of hydrogen-bond acceptors (Lipinski definition) is 8. The van der Waals surface area contributed by atoms with Crippen LogP contribution >= 0.6 is 23.1 Å². The number of ketones is 1. The number of aromatic nitrogens is 2. The van der Waals surface area contributed by atoms with Gasteiger partial charge in [-0.3, -0.25) is 19.0 Å². The Hall–Kier alpha value is -2.85. The highest BCUT2D eigenvalue weighted by atomic mass is 32.2. The van der Waals surface area contributed by atoms with Gasteiger partial charge in [0.1, 0.15) is 4.70 Å². The summed E-state index contributed by atoms with van der Waals surface area (Å²) in [5.41, 5.74) is 1.27. The van der Waals surface area contributed by atoms with E-state index in [4.69, 9.17) is 9.47 Å². The van der Waals surface area contributed by atoms with Gasteiger partial charge in [0, 0.05) is 18.2 Å². The van der Waals surface area contributed by atoms with Crippen molar-refractivity contribution < 1.29 is 19.1 Å². The van der Waals surface area contributed by atoms with Crippen molar-refractivity contribution in [3.8, 4) is 11.5 Å². The zero-order chi connectivity index (χ0) is 22.8. The van der Waals surface area contributed by atoms with Crippen LogP contribution in [-0.4, -0.2) is 33.8 Å². The van der Waals surface area contributed by atoms with Crippen LogP contribution in [0.4, 0.5) is 5.69 Å². The number of Topliss-reactive ketones (excluding diaryl/α,β-unsaturated/α-hetero) is 1. The standard InChI is InChI=1S/C22H23N3O5S2/c1-12(2)4-6-25-21(28)20-15(5-7-31-20)24-22(25)32-10-19(27)23-16-9-18-17(29-11-30-18)8-14(16)13(3)26/h5,7-9,12H,4,6,10-11H2,1-3H3,(H,23,27). The van der Waals surface area contributed by atoms with Crippen molar-refractivity contribution in [1.82, 2.24) is 9.55 Å². The van der Waals surface area contributed by atoms with Crippen molar-refractivity contribution in [2.24, 2.45) is 5.92 Å². The molecule has 0 radical (unpaired) electrons. The van der Waals surface area contributed by atoms with E-state index in [9.17, 15) is 14.4 Å². The summed E-state index contributed by atoms with van der Waals surface area (Å²) in [5, 5.41) is 5.13. The number of carbonyl (C=O) groups is 2. The Morgan fingerprint density at radius 2 is 2.03 bits per heavy atom. The van der Waals surface area contributed by atoms with Crippen molar-refractivity contribution >= 4 is 50.7 Å². The summed E-state index contributed by atoms with van der Waals surface area (Å²) in [4.78, 5) is 42.3. The molecule has 32 heavy (non-hydrogen) atoms. The van der Waals surface area contributed by atoms with Crippen molar-refractivity contribution in [2.45, 2.75) is 38.9 Å². The molecule has 1 aliphatic heterocycles. The molecule has 2 aromatic heterocycles. The third kappa shape index (κ3) is 4.66. The zero-order valence-corrected chi connectivity index (χ0v) is 19.6. The quantitative estimate of drug-likeness (QED) is 0.298. The number of nitrogens with zero attached hydrogens (tertiary/aromatic N) is 2. The largest absolute Gasteiger partial charge is 0.454 e. The SMILES string of the molecule is CC(=O)c1cc2c(cc1NC(=O)CSc1nc3ccsc3c(=O)n1CCC(C)C)OCO2. The summed E-state index contributed by atoms with van der Waals surface area (Å²) in [6.45, 7) is 6.23. The molecule has 10 heteroatoms. The lowest BCUT2D eigenvalue weighted by atomic mass is 10.1. The second-order valence-electron chi connectivity index (χ2n) is 7.81. The minimum absolute atomic E-state index is 0.0373. The normalized spacial score (nSPS) is 12.5. The maximum Gasteiger partial charge on any atom is 0.272 e. The van der Waals surface area contributed by atoms with Gasteiger partial charge < -0.3 is 14.8 Å². The number of anilines is 1. The van der Waals surface area contributed by atoms with Gasteiger partial charge in [-0.25, -0.2) is 4.98 Å². The first-order chi connectivity index (χ1) is 15.3. The topological polar surface area (TPSA) is 99.5 Å². The highest BCUT2D eigenvalue weighted by Gasteiger charge is 2.21. The van der Waals surface area contributed by atoms with E-state index in [1.807, 2.05) is 11.4 Å². The molecule has 0 aliphatic carbocycles. The maximum atomic E-state index is 12.9. The lowest BCUT2D eigenvalue weighted by Crippen LogP contribution is -2.24. The van der Waals surface area contributed by atoms with Gasteiger partial charge in [-0.05, 0) is 36.8 Å². The number of ether oxygens (including phenoxy) is 2. The fourth-order valence-corrected chi connectivity index (χ4v) is 4.87. The van der Waals surface area contributed by atoms with E-state index in [1.54, 1.807) is 16.7 Å². The van der Waals surface area contributed by atoms with E-state index >= 15 is 0 Å². The molecule has 0 saturated heterocycles. The van der Waals surface area contributed by atoms with Crippen molar-refractivity contribution in [2.75, 3.05) is 17.9 Å². The Kier molecular flexibility index (Phi) is 6.52. The molecule has 8 nitrogen and oxygen atoms in total. The van der Waals surface area contributed by atoms with Gasteiger partial charge in [0.25, 0.3) is 5.56 Å². The van der Waals surface area contributed by atoms with E-state index < -0.39 is 0 Å². The van der Waals surface area contributed by atoms with Crippen LogP contribution in [0.1, 0.15) is 37.6 Å². The van der Waals surface area contributed by atoms with E-state index in [0.29, 0.717) is 50.6 Å². The number of thioether (sulfide) groups is 1. The van der Waals surface area contributed by atoms with Crippen molar-refractivity contribution in [3.05, 3.63) is 39.5 Å². The average Bonchev–Trinajstić information content (AvgIpc) is 3.39. The van der Waals surface area contributed by atoms with E-state index in [-0.39, 0.29) is 29.8 Å². The second-order valence-corrected chi connectivity index (χ2v) is 9.67. The van der Waals surface area contributed by atoms with E-state index in [0.717, 1.165) is 6.42 Å². The van der Waals surface area contributed by atoms with Crippen molar-refractivity contribution in [1.29, 1.82) is 0 Å². The molecule has 4 rings (SSSR count). The summed E-state index contributed by atoms with van der Waals surface area (Å²) >= 11 is 2.57. The third-order valence-corrected chi connectivity index (χ3v) is 6.83. The minimum Gasteiger partial charge on any atom is -0.454 e. The Morgan fingerprint density at radius 1 is 1.28 bits per heavy atom. The number of nitrogens with one attached hydrogen (secondary N) is 1. The van der Waals surface area contributed by atoms with Crippen molar-refractivity contribution in [3.63, 3.8) is 0 Å². The van der Waals surface area contributed by atoms with Gasteiger partial charge in [0.2, 0.25) is 12.7 Å². The summed E-state index contributed by atoms with van der Waals surface area (Å²) in [6.07, 6.45) is 0.831. The smallest absolute Gasteiger partial charge is 0.272 e. The van der Waals surface area contributed by atoms with E-state index in [1.165, 1.54) is 30.0 Å². The summed E-state index contributed by atoms with van der Waals surface area (Å²) in [6, 6.07) is 4.98. The average molecular weight is 474 g/mol. The summed E-state index contributed by atoms with van der Waals surface area (Å²) in [7, 11) is 0. The van der Waals surface area contributed by atoms with Crippen LogP contribution in [0.15, 0.2) is 33.5 Å². The number of amides is 1. The molecule has 0 spiro atoms. The number of hydrogen-bond donors (Lipinski definition) is 1. The number of benzene rings is 1. The molecule has 1 aromatic carbocycles. The Morgan fingerprint density at radius 3 is 2.75 bits per heavy atom. The third-order valence-electron chi connectivity index (χ3n) is 4.96. The predicted molar refractivity (Wildman–Crippen MR) is 125 cm³/mol. The molecule has 1 N–H and O–H groups in total.